The molecule has 2 saturated carbocycles. The number of rotatable bonds is 7. The van der Waals surface area contributed by atoms with Crippen LogP contribution in [0.4, 0.5) is 0 Å². The average Bonchev–Trinajstić information content (AvgIpc) is 3.44. The van der Waals surface area contributed by atoms with Crippen molar-refractivity contribution in [2.24, 2.45) is 30.4 Å². The lowest BCUT2D eigenvalue weighted by Gasteiger charge is -2.27. The Morgan fingerprint density at radius 2 is 1.73 bits per heavy atom. The van der Waals surface area contributed by atoms with Gasteiger partial charge in [0.2, 0.25) is 5.91 Å². The van der Waals surface area contributed by atoms with Gasteiger partial charge in [-0.25, -0.2) is 4.98 Å². The number of fused-ring (bicyclic) bond motifs is 4. The number of aryl methyl sites for hydroxylation is 1. The third-order valence-corrected chi connectivity index (χ3v) is 10.1. The lowest BCUT2D eigenvalue weighted by atomic mass is 10.0. The second-order valence-electron chi connectivity index (χ2n) is 12.8. The highest BCUT2D eigenvalue weighted by atomic mass is 16.5. The van der Waals surface area contributed by atoms with Crippen molar-refractivity contribution < 1.29 is 14.3 Å². The summed E-state index contributed by atoms with van der Waals surface area (Å²) in [5, 5.41) is 1.13. The molecule has 44 heavy (non-hydrogen) atoms. The van der Waals surface area contributed by atoms with E-state index in [1.54, 1.807) is 19.2 Å². The molecule has 1 saturated heterocycles. The van der Waals surface area contributed by atoms with E-state index in [4.69, 9.17) is 21.2 Å². The summed E-state index contributed by atoms with van der Waals surface area (Å²) >= 11 is 0. The highest BCUT2D eigenvalue weighted by molar-refractivity contribution is 6.01. The number of carbonyl (C=O) groups is 2. The maximum absolute atomic E-state index is 13.7. The Morgan fingerprint density at radius 3 is 2.39 bits per heavy atom. The summed E-state index contributed by atoms with van der Waals surface area (Å²) in [5.41, 5.74) is 18.8. The molecule has 2 amide bonds. The SMILES string of the molecule is COc1cc(C(=O)N2C[C@H]3CC[C@@H]2[C@@H]3N)cc2nc(-c3cc4ccc(-c5ccc(C(N)=O)cc5)cc4n3CC3CC3)n(C)c12. The number of hydrogen-bond acceptors (Lipinski definition) is 5. The quantitative estimate of drug-likeness (QED) is 0.279. The summed E-state index contributed by atoms with van der Waals surface area (Å²) in [6.07, 6.45) is 4.50. The Hall–Kier alpha value is -4.63. The first-order valence-electron chi connectivity index (χ1n) is 15.5. The van der Waals surface area contributed by atoms with Gasteiger partial charge in [-0.05, 0) is 85.0 Å². The number of ether oxygens (including phenoxy) is 1. The Bertz CT molecular complexity index is 1970. The Balaban J connectivity index is 1.22. The van der Waals surface area contributed by atoms with Crippen LogP contribution in [-0.4, -0.2) is 56.6 Å². The number of carbonyl (C=O) groups excluding carboxylic acids is 2. The monoisotopic (exact) mass is 588 g/mol. The van der Waals surface area contributed by atoms with E-state index in [1.165, 1.54) is 12.8 Å². The molecule has 0 unspecified atom stereocenters. The molecule has 3 aromatic carbocycles. The summed E-state index contributed by atoms with van der Waals surface area (Å²) in [4.78, 5) is 32.4. The van der Waals surface area contributed by atoms with Crippen LogP contribution in [0.5, 0.6) is 5.75 Å². The first-order valence-corrected chi connectivity index (χ1v) is 15.5. The van der Waals surface area contributed by atoms with Crippen molar-refractivity contribution in [2.45, 2.75) is 44.3 Å². The largest absolute Gasteiger partial charge is 0.494 e. The van der Waals surface area contributed by atoms with Gasteiger partial charge in [0.15, 0.2) is 5.82 Å². The minimum absolute atomic E-state index is 0.000657. The molecular formula is C35H36N6O3. The van der Waals surface area contributed by atoms with E-state index >= 15 is 0 Å². The summed E-state index contributed by atoms with van der Waals surface area (Å²) < 4.78 is 10.3. The van der Waals surface area contributed by atoms with Gasteiger partial charge in [0.1, 0.15) is 11.3 Å². The van der Waals surface area contributed by atoms with Crippen LogP contribution in [0.3, 0.4) is 0 Å². The molecule has 0 spiro atoms. The lowest BCUT2D eigenvalue weighted by molar-refractivity contribution is 0.0700. The number of imidazole rings is 1. The fourth-order valence-corrected chi connectivity index (χ4v) is 7.47. The number of primary amides is 1. The maximum Gasteiger partial charge on any atom is 0.254 e. The molecule has 2 aromatic heterocycles. The van der Waals surface area contributed by atoms with Crippen LogP contribution in [0.15, 0.2) is 60.7 Å². The van der Waals surface area contributed by atoms with Gasteiger partial charge in [-0.3, -0.25) is 9.59 Å². The van der Waals surface area contributed by atoms with Crippen LogP contribution in [0.25, 0.3) is 44.6 Å². The van der Waals surface area contributed by atoms with Gasteiger partial charge in [-0.15, -0.1) is 0 Å². The lowest BCUT2D eigenvalue weighted by Crippen LogP contribution is -2.41. The highest BCUT2D eigenvalue weighted by Gasteiger charge is 2.47. The van der Waals surface area contributed by atoms with E-state index in [9.17, 15) is 9.59 Å². The molecule has 5 aromatic rings. The number of benzene rings is 3. The van der Waals surface area contributed by atoms with Crippen LogP contribution >= 0.6 is 0 Å². The third-order valence-electron chi connectivity index (χ3n) is 10.1. The van der Waals surface area contributed by atoms with Crippen LogP contribution in [-0.2, 0) is 13.6 Å². The number of aromatic nitrogens is 3. The van der Waals surface area contributed by atoms with Crippen molar-refractivity contribution in [1.29, 1.82) is 0 Å². The van der Waals surface area contributed by atoms with Gasteiger partial charge in [0.25, 0.3) is 5.91 Å². The zero-order valence-electron chi connectivity index (χ0n) is 25.0. The summed E-state index contributed by atoms with van der Waals surface area (Å²) in [7, 11) is 3.66. The second kappa shape index (κ2) is 9.95. The maximum atomic E-state index is 13.7. The number of likely N-dealkylation sites (tertiary alicyclic amines) is 1. The minimum Gasteiger partial charge on any atom is -0.494 e. The molecule has 4 N–H and O–H groups in total. The average molecular weight is 589 g/mol. The predicted octanol–water partition coefficient (Wildman–Crippen LogP) is 4.94. The smallest absolute Gasteiger partial charge is 0.254 e. The van der Waals surface area contributed by atoms with Crippen molar-refractivity contribution in [3.63, 3.8) is 0 Å². The number of piperidine rings is 1. The van der Waals surface area contributed by atoms with E-state index in [-0.39, 0.29) is 18.0 Å². The molecule has 9 heteroatoms. The molecular weight excluding hydrogens is 552 g/mol. The third kappa shape index (κ3) is 4.21. The number of nitrogens with zero attached hydrogens (tertiary/aromatic N) is 4. The molecule has 2 bridgehead atoms. The summed E-state index contributed by atoms with van der Waals surface area (Å²) in [6.45, 7) is 1.63. The van der Waals surface area contributed by atoms with Crippen molar-refractivity contribution >= 4 is 33.8 Å². The molecule has 224 valence electrons. The van der Waals surface area contributed by atoms with Crippen LogP contribution in [0.1, 0.15) is 46.4 Å². The van der Waals surface area contributed by atoms with E-state index < -0.39 is 5.91 Å². The molecule has 8 rings (SSSR count). The topological polar surface area (TPSA) is 121 Å². The zero-order valence-corrected chi connectivity index (χ0v) is 25.0. The van der Waals surface area contributed by atoms with Crippen LogP contribution in [0, 0.1) is 11.8 Å². The van der Waals surface area contributed by atoms with Crippen molar-refractivity contribution in [3.05, 3.63) is 71.8 Å². The molecule has 2 aliphatic carbocycles. The molecule has 3 atom stereocenters. The van der Waals surface area contributed by atoms with Crippen molar-refractivity contribution in [1.82, 2.24) is 19.0 Å². The number of hydrogen-bond donors (Lipinski definition) is 2. The fraction of sp³-hybridized carbons (Fsp3) is 0.343. The first-order chi connectivity index (χ1) is 21.3. The molecule has 0 radical (unpaired) electrons. The summed E-state index contributed by atoms with van der Waals surface area (Å²) in [6, 6.07) is 20.0. The number of amides is 2. The van der Waals surface area contributed by atoms with Gasteiger partial charge in [-0.1, -0.05) is 24.3 Å². The zero-order chi connectivity index (χ0) is 30.3. The van der Waals surface area contributed by atoms with E-state index in [1.807, 2.05) is 36.2 Å². The van der Waals surface area contributed by atoms with E-state index in [0.29, 0.717) is 28.7 Å². The van der Waals surface area contributed by atoms with Crippen LogP contribution in [0.2, 0.25) is 0 Å². The standard InChI is InChI=1S/C35H36N6O3/c1-39-32-26(13-25(16-30(32)44-2)35(43)41-18-24-11-12-27(41)31(24)36)38-34(39)29-15-23-10-9-22(14-28(23)40(29)17-19-3-4-19)20-5-7-21(8-6-20)33(37)42/h5-10,13-16,19,24,27,31H,3-4,11-12,17-18,36H2,1-2H3,(H2,37,42)/t24-,27-,31-/m1/s1. The highest BCUT2D eigenvalue weighted by Crippen LogP contribution is 2.40. The summed E-state index contributed by atoms with van der Waals surface area (Å²) in [5.74, 6) is 2.05. The Labute approximate surface area is 255 Å². The molecule has 1 aliphatic heterocycles. The minimum atomic E-state index is -0.433. The van der Waals surface area contributed by atoms with Crippen molar-refractivity contribution in [2.75, 3.05) is 13.7 Å². The van der Waals surface area contributed by atoms with Gasteiger partial charge in [0, 0.05) is 54.3 Å². The second-order valence-corrected chi connectivity index (χ2v) is 12.8. The van der Waals surface area contributed by atoms with E-state index in [2.05, 4.69) is 33.4 Å². The predicted molar refractivity (Wildman–Crippen MR) is 170 cm³/mol. The van der Waals surface area contributed by atoms with Gasteiger partial charge < -0.3 is 30.2 Å². The Kier molecular flexibility index (Phi) is 6.10. The molecule has 3 fully saturated rings. The van der Waals surface area contributed by atoms with Gasteiger partial charge >= 0.3 is 0 Å². The number of methoxy groups -OCH3 is 1. The number of nitrogens with two attached hydrogens (primary N) is 2. The van der Waals surface area contributed by atoms with Gasteiger partial charge in [0.05, 0.1) is 18.3 Å². The molecule has 3 heterocycles. The first kappa shape index (κ1) is 27.0. The van der Waals surface area contributed by atoms with Gasteiger partial charge in [-0.2, -0.15) is 0 Å². The van der Waals surface area contributed by atoms with Crippen LogP contribution < -0.4 is 16.2 Å². The fourth-order valence-electron chi connectivity index (χ4n) is 7.47. The molecule has 9 nitrogen and oxygen atoms in total. The normalized spacial score (nSPS) is 21.1. The van der Waals surface area contributed by atoms with E-state index in [0.717, 1.165) is 70.5 Å². The molecule has 3 aliphatic rings. The van der Waals surface area contributed by atoms with Crippen molar-refractivity contribution in [3.8, 4) is 28.4 Å². The Morgan fingerprint density at radius 1 is 0.955 bits per heavy atom.